The molecule has 78 valence electrons. The van der Waals surface area contributed by atoms with Crippen LogP contribution in [-0.2, 0) is 4.74 Å². The van der Waals surface area contributed by atoms with Gasteiger partial charge in [-0.25, -0.2) is 0 Å². The van der Waals surface area contributed by atoms with E-state index in [2.05, 4.69) is 6.08 Å². The third-order valence-corrected chi connectivity index (χ3v) is 1.85. The zero-order valence-corrected chi connectivity index (χ0v) is 8.97. The van der Waals surface area contributed by atoms with Gasteiger partial charge in [0.05, 0.1) is 13.4 Å². The third-order valence-electron chi connectivity index (χ3n) is 1.85. The standard InChI is InChI=1S/C8H10O.C6H6/c1-9-7-8-5-3-2-4-6-8;1-2-4-6-5-3-1/h2-5,7H,6H2,1H3;1-6H. The van der Waals surface area contributed by atoms with Gasteiger partial charge in [0.25, 0.3) is 0 Å². The van der Waals surface area contributed by atoms with Crippen LogP contribution in [0.25, 0.3) is 0 Å². The van der Waals surface area contributed by atoms with Crippen LogP contribution in [0.2, 0.25) is 0 Å². The number of allylic oxidation sites excluding steroid dienone is 5. The summed E-state index contributed by atoms with van der Waals surface area (Å²) in [4.78, 5) is 0. The Morgan fingerprint density at radius 2 is 1.60 bits per heavy atom. The molecule has 1 heteroatoms. The van der Waals surface area contributed by atoms with E-state index >= 15 is 0 Å². The van der Waals surface area contributed by atoms with E-state index < -0.39 is 0 Å². The van der Waals surface area contributed by atoms with Gasteiger partial charge in [-0.15, -0.1) is 0 Å². The second kappa shape index (κ2) is 7.63. The zero-order chi connectivity index (χ0) is 10.8. The van der Waals surface area contributed by atoms with Gasteiger partial charge in [-0.05, 0) is 12.0 Å². The minimum absolute atomic E-state index is 0.990. The summed E-state index contributed by atoms with van der Waals surface area (Å²) in [6.07, 6.45) is 10.9. The largest absolute Gasteiger partial charge is 0.504 e. The van der Waals surface area contributed by atoms with Crippen molar-refractivity contribution in [1.29, 1.82) is 0 Å². The van der Waals surface area contributed by atoms with Crippen LogP contribution in [0.4, 0.5) is 0 Å². The van der Waals surface area contributed by atoms with Gasteiger partial charge >= 0.3 is 0 Å². The SMILES string of the molecule is COC=C1C=CC=CC1.c1ccccc1. The Kier molecular flexibility index (Phi) is 5.75. The monoisotopic (exact) mass is 200 g/mol. The summed E-state index contributed by atoms with van der Waals surface area (Å²) in [5.41, 5.74) is 1.22. The predicted molar refractivity (Wildman–Crippen MR) is 64.4 cm³/mol. The molecule has 2 rings (SSSR count). The first-order valence-electron chi connectivity index (χ1n) is 4.98. The Balaban J connectivity index is 0.000000162. The number of rotatable bonds is 1. The second-order valence-corrected chi connectivity index (χ2v) is 3.07. The summed E-state index contributed by atoms with van der Waals surface area (Å²) in [5.74, 6) is 0. The van der Waals surface area contributed by atoms with Crippen LogP contribution < -0.4 is 0 Å². The lowest BCUT2D eigenvalue weighted by Gasteiger charge is -1.99. The summed E-state index contributed by atoms with van der Waals surface area (Å²) in [6, 6.07) is 12.0. The quantitative estimate of drug-likeness (QED) is 0.628. The van der Waals surface area contributed by atoms with Crippen molar-refractivity contribution in [2.75, 3.05) is 7.11 Å². The molecule has 0 aromatic heterocycles. The highest BCUT2D eigenvalue weighted by atomic mass is 16.5. The highest BCUT2D eigenvalue weighted by Gasteiger charge is 1.90. The van der Waals surface area contributed by atoms with Crippen molar-refractivity contribution in [3.05, 3.63) is 72.5 Å². The van der Waals surface area contributed by atoms with Crippen LogP contribution in [0.1, 0.15) is 6.42 Å². The first kappa shape index (κ1) is 11.3. The van der Waals surface area contributed by atoms with Gasteiger partial charge in [-0.3, -0.25) is 0 Å². The highest BCUT2D eigenvalue weighted by molar-refractivity contribution is 5.27. The first-order chi connectivity index (χ1) is 7.43. The molecular weight excluding hydrogens is 184 g/mol. The third kappa shape index (κ3) is 5.53. The minimum Gasteiger partial charge on any atom is -0.504 e. The Bertz CT molecular complexity index is 307. The lowest BCUT2D eigenvalue weighted by atomic mass is 10.1. The van der Waals surface area contributed by atoms with Gasteiger partial charge < -0.3 is 4.74 Å². The van der Waals surface area contributed by atoms with Crippen molar-refractivity contribution in [3.63, 3.8) is 0 Å². The summed E-state index contributed by atoms with van der Waals surface area (Å²) < 4.78 is 4.83. The number of benzene rings is 1. The van der Waals surface area contributed by atoms with Crippen molar-refractivity contribution < 1.29 is 4.74 Å². The van der Waals surface area contributed by atoms with Crippen LogP contribution in [0.15, 0.2) is 72.5 Å². The molecule has 0 radical (unpaired) electrons. The lowest BCUT2D eigenvalue weighted by Crippen LogP contribution is -1.80. The Labute approximate surface area is 91.4 Å². The van der Waals surface area contributed by atoms with Crippen molar-refractivity contribution in [1.82, 2.24) is 0 Å². The molecule has 0 unspecified atom stereocenters. The van der Waals surface area contributed by atoms with E-state index in [1.165, 1.54) is 5.57 Å². The number of hydrogen-bond acceptors (Lipinski definition) is 1. The molecule has 0 bridgehead atoms. The van der Waals surface area contributed by atoms with Crippen LogP contribution in [0.3, 0.4) is 0 Å². The van der Waals surface area contributed by atoms with E-state index in [4.69, 9.17) is 4.74 Å². The average Bonchev–Trinajstić information content (AvgIpc) is 2.34. The molecule has 0 heterocycles. The molecule has 15 heavy (non-hydrogen) atoms. The van der Waals surface area contributed by atoms with Crippen LogP contribution in [0.5, 0.6) is 0 Å². The molecule has 0 fully saturated rings. The average molecular weight is 200 g/mol. The first-order valence-corrected chi connectivity index (χ1v) is 4.98. The maximum Gasteiger partial charge on any atom is 0.0859 e. The molecule has 0 saturated heterocycles. The molecule has 1 aliphatic carbocycles. The summed E-state index contributed by atoms with van der Waals surface area (Å²) >= 11 is 0. The maximum absolute atomic E-state index is 4.83. The van der Waals surface area contributed by atoms with Gasteiger partial charge in [0, 0.05) is 0 Å². The molecule has 1 nitrogen and oxygen atoms in total. The van der Waals surface area contributed by atoms with E-state index in [-0.39, 0.29) is 0 Å². The molecule has 1 aromatic rings. The van der Waals surface area contributed by atoms with E-state index in [9.17, 15) is 0 Å². The van der Waals surface area contributed by atoms with E-state index in [0.29, 0.717) is 0 Å². The van der Waals surface area contributed by atoms with Crippen LogP contribution in [-0.4, -0.2) is 7.11 Å². The highest BCUT2D eigenvalue weighted by Crippen LogP contribution is 2.08. The molecule has 0 aliphatic heterocycles. The summed E-state index contributed by atoms with van der Waals surface area (Å²) in [5, 5.41) is 0. The fraction of sp³-hybridized carbons (Fsp3) is 0.143. The second-order valence-electron chi connectivity index (χ2n) is 3.07. The molecule has 1 aromatic carbocycles. The van der Waals surface area contributed by atoms with Crippen LogP contribution >= 0.6 is 0 Å². The Morgan fingerprint density at radius 3 is 2.00 bits per heavy atom. The molecule has 1 aliphatic rings. The molecule has 0 N–H and O–H groups in total. The van der Waals surface area contributed by atoms with Crippen LogP contribution in [0, 0.1) is 0 Å². The van der Waals surface area contributed by atoms with Gasteiger partial charge in [-0.1, -0.05) is 60.7 Å². The van der Waals surface area contributed by atoms with Crippen molar-refractivity contribution in [3.8, 4) is 0 Å². The van der Waals surface area contributed by atoms with Gasteiger partial charge in [0.15, 0.2) is 0 Å². The maximum atomic E-state index is 4.83. The zero-order valence-electron chi connectivity index (χ0n) is 8.97. The fourth-order valence-corrected chi connectivity index (χ4v) is 1.15. The molecule has 0 spiro atoms. The summed E-state index contributed by atoms with van der Waals surface area (Å²) in [6.45, 7) is 0. The smallest absolute Gasteiger partial charge is 0.0859 e. The lowest BCUT2D eigenvalue weighted by molar-refractivity contribution is 0.334. The molecular formula is C14H16O. The van der Waals surface area contributed by atoms with Gasteiger partial charge in [0.1, 0.15) is 0 Å². The molecule has 0 saturated carbocycles. The number of ether oxygens (including phenoxy) is 1. The fourth-order valence-electron chi connectivity index (χ4n) is 1.15. The molecule has 0 atom stereocenters. The van der Waals surface area contributed by atoms with E-state index in [0.717, 1.165) is 6.42 Å². The number of hydrogen-bond donors (Lipinski definition) is 0. The van der Waals surface area contributed by atoms with E-state index in [1.807, 2.05) is 54.6 Å². The predicted octanol–water partition coefficient (Wildman–Crippen LogP) is 3.72. The van der Waals surface area contributed by atoms with Crippen molar-refractivity contribution in [2.45, 2.75) is 6.42 Å². The van der Waals surface area contributed by atoms with Gasteiger partial charge in [-0.2, -0.15) is 0 Å². The Hall–Kier alpha value is -1.76. The summed E-state index contributed by atoms with van der Waals surface area (Å²) in [7, 11) is 1.67. The topological polar surface area (TPSA) is 9.23 Å². The van der Waals surface area contributed by atoms with Gasteiger partial charge in [0.2, 0.25) is 0 Å². The van der Waals surface area contributed by atoms with Crippen molar-refractivity contribution >= 4 is 0 Å². The Morgan fingerprint density at radius 1 is 1.00 bits per heavy atom. The molecule has 0 amide bonds. The van der Waals surface area contributed by atoms with Crippen molar-refractivity contribution in [2.24, 2.45) is 0 Å². The minimum atomic E-state index is 0.990. The normalized spacial score (nSPS) is 15.7. The van der Waals surface area contributed by atoms with E-state index in [1.54, 1.807) is 13.4 Å². The number of methoxy groups -OCH3 is 1.